The van der Waals surface area contributed by atoms with Crippen LogP contribution in [0, 0.1) is 0 Å². The maximum Gasteiger partial charge on any atom is 0.326 e. The molecule has 7 N–H and O–H groups in total. The lowest BCUT2D eigenvalue weighted by Gasteiger charge is -2.13. The van der Waals surface area contributed by atoms with Crippen LogP contribution in [0.1, 0.15) is 34.3 Å². The number of rotatable bonds is 10. The molecule has 178 valence electrons. The first kappa shape index (κ1) is 22.8. The molecule has 1 aromatic carbocycles. The molecular formula is C22H24N6O6. The second-order valence-corrected chi connectivity index (χ2v) is 8.11. The average molecular weight is 468 g/mol. The Morgan fingerprint density at radius 3 is 2.44 bits per heavy atom. The number of aryl methyl sites for hydroxylation is 2. The second kappa shape index (κ2) is 9.25. The summed E-state index contributed by atoms with van der Waals surface area (Å²) in [5.41, 5.74) is 7.84. The molecule has 0 saturated carbocycles. The van der Waals surface area contributed by atoms with Crippen LogP contribution < -0.4 is 21.5 Å². The molecule has 12 heteroatoms. The molecule has 34 heavy (non-hydrogen) atoms. The fourth-order valence-corrected chi connectivity index (χ4v) is 3.81. The highest BCUT2D eigenvalue weighted by Crippen LogP contribution is 2.31. The number of carboxylic acid groups (broad SMARTS) is 2. The van der Waals surface area contributed by atoms with Crippen molar-refractivity contribution in [3.05, 3.63) is 51.3 Å². The molecule has 3 heterocycles. The first-order chi connectivity index (χ1) is 16.2. The van der Waals surface area contributed by atoms with Gasteiger partial charge in [0.05, 0.1) is 5.39 Å². The quantitative estimate of drug-likeness (QED) is 0.229. The number of anilines is 2. The summed E-state index contributed by atoms with van der Waals surface area (Å²) in [5.74, 6) is -2.12. The van der Waals surface area contributed by atoms with E-state index < -0.39 is 23.9 Å². The molecule has 1 atom stereocenters. The van der Waals surface area contributed by atoms with Gasteiger partial charge in [-0.3, -0.25) is 19.4 Å². The van der Waals surface area contributed by atoms with Gasteiger partial charge in [0.1, 0.15) is 17.5 Å². The van der Waals surface area contributed by atoms with E-state index in [9.17, 15) is 24.3 Å². The van der Waals surface area contributed by atoms with Gasteiger partial charge in [-0.1, -0.05) is 12.1 Å². The van der Waals surface area contributed by atoms with E-state index >= 15 is 0 Å². The van der Waals surface area contributed by atoms with Crippen molar-refractivity contribution < 1.29 is 24.6 Å². The van der Waals surface area contributed by atoms with E-state index in [2.05, 4.69) is 25.2 Å². The Bertz CT molecular complexity index is 1310. The first-order valence-corrected chi connectivity index (χ1v) is 10.7. The normalized spacial score (nSPS) is 13.6. The van der Waals surface area contributed by atoms with E-state index in [0.717, 1.165) is 30.0 Å². The topological polar surface area (TPSA) is 194 Å². The van der Waals surface area contributed by atoms with Gasteiger partial charge >= 0.3 is 11.9 Å². The fraction of sp³-hybridized carbons (Fsp3) is 0.318. The van der Waals surface area contributed by atoms with Crippen molar-refractivity contribution >= 4 is 40.6 Å². The number of aromatic amines is 2. The minimum Gasteiger partial charge on any atom is -0.481 e. The number of nitrogens with zero attached hydrogens (tertiary/aromatic N) is 2. The lowest BCUT2D eigenvalue weighted by Crippen LogP contribution is -2.41. The molecule has 12 nitrogen and oxygen atoms in total. The van der Waals surface area contributed by atoms with Crippen LogP contribution in [0.25, 0.3) is 11.0 Å². The van der Waals surface area contributed by atoms with Gasteiger partial charge in [0, 0.05) is 30.6 Å². The van der Waals surface area contributed by atoms with Crippen LogP contribution in [-0.2, 0) is 22.4 Å². The lowest BCUT2D eigenvalue weighted by molar-refractivity contribution is -0.140. The Labute approximate surface area is 192 Å². The maximum atomic E-state index is 12.5. The summed E-state index contributed by atoms with van der Waals surface area (Å²) in [7, 11) is 0. The Morgan fingerprint density at radius 1 is 1.12 bits per heavy atom. The molecule has 1 aliphatic rings. The van der Waals surface area contributed by atoms with Crippen molar-refractivity contribution in [1.82, 2.24) is 20.3 Å². The van der Waals surface area contributed by atoms with Gasteiger partial charge in [-0.05, 0) is 37.0 Å². The summed E-state index contributed by atoms with van der Waals surface area (Å²) in [4.78, 5) is 58.9. The standard InChI is InChI=1S/C22H24N6O6/c23-22-26-17-16(20(32)27-22)13(18(25-17)28-9-10-28)6-3-11-1-4-12(5-2-11)19(31)24-14(21(33)34)7-8-15(29)30/h1-2,4-5,14H,3,6-10H2,(H,24,31)(H,29,30)(H,33,34)(H4,23,25,26,27,32)/t14-/m0/s1. The summed E-state index contributed by atoms with van der Waals surface area (Å²) < 4.78 is 0. The number of carboxylic acids is 2. The summed E-state index contributed by atoms with van der Waals surface area (Å²) in [6, 6.07) is 5.39. The van der Waals surface area contributed by atoms with Crippen LogP contribution in [0.3, 0.4) is 0 Å². The number of amides is 1. The van der Waals surface area contributed by atoms with E-state index in [0.29, 0.717) is 23.9 Å². The predicted molar refractivity (Wildman–Crippen MR) is 123 cm³/mol. The van der Waals surface area contributed by atoms with Crippen LogP contribution in [0.4, 0.5) is 11.8 Å². The SMILES string of the molecule is Nc1nc2[nH]c(N3CC3)c(CCc3ccc(C(=O)N[C@@H](CCC(=O)O)C(=O)O)cc3)c2c(=O)[nH]1. The number of aliphatic carboxylic acids is 2. The number of carbonyl (C=O) groups is 3. The Hall–Kier alpha value is -4.35. The number of nitrogens with two attached hydrogens (primary N) is 1. The smallest absolute Gasteiger partial charge is 0.326 e. The van der Waals surface area contributed by atoms with Crippen molar-refractivity contribution in [2.24, 2.45) is 0 Å². The lowest BCUT2D eigenvalue weighted by atomic mass is 10.0. The summed E-state index contributed by atoms with van der Waals surface area (Å²) >= 11 is 0. The van der Waals surface area contributed by atoms with Crippen LogP contribution in [0.5, 0.6) is 0 Å². The number of nitrogens with one attached hydrogen (secondary N) is 3. The Balaban J connectivity index is 1.46. The highest BCUT2D eigenvalue weighted by Gasteiger charge is 2.26. The van der Waals surface area contributed by atoms with Crippen LogP contribution >= 0.6 is 0 Å². The number of aromatic nitrogens is 3. The number of hydrogen-bond donors (Lipinski definition) is 6. The van der Waals surface area contributed by atoms with Gasteiger partial charge in [-0.2, -0.15) is 4.98 Å². The molecule has 1 saturated heterocycles. The van der Waals surface area contributed by atoms with E-state index in [-0.39, 0.29) is 29.9 Å². The van der Waals surface area contributed by atoms with Crippen LogP contribution in [-0.4, -0.2) is 62.1 Å². The van der Waals surface area contributed by atoms with Crippen molar-refractivity contribution in [3.8, 4) is 0 Å². The van der Waals surface area contributed by atoms with E-state index in [1.807, 2.05) is 0 Å². The van der Waals surface area contributed by atoms with Crippen molar-refractivity contribution in [2.45, 2.75) is 31.7 Å². The third-order valence-electron chi connectivity index (χ3n) is 5.66. The van der Waals surface area contributed by atoms with Gasteiger partial charge in [-0.15, -0.1) is 0 Å². The molecule has 0 radical (unpaired) electrons. The Kier molecular flexibility index (Phi) is 6.21. The van der Waals surface area contributed by atoms with Crippen LogP contribution in [0.15, 0.2) is 29.1 Å². The van der Waals surface area contributed by atoms with E-state index in [4.69, 9.17) is 10.8 Å². The van der Waals surface area contributed by atoms with Gasteiger partial charge < -0.3 is 31.1 Å². The maximum absolute atomic E-state index is 12.5. The molecule has 2 aromatic heterocycles. The zero-order chi connectivity index (χ0) is 24.4. The van der Waals surface area contributed by atoms with E-state index in [1.165, 1.54) is 0 Å². The number of benzene rings is 1. The van der Waals surface area contributed by atoms with Crippen molar-refractivity contribution in [2.75, 3.05) is 23.7 Å². The molecule has 3 aromatic rings. The molecule has 0 aliphatic carbocycles. The molecule has 1 amide bonds. The highest BCUT2D eigenvalue weighted by molar-refractivity contribution is 5.96. The van der Waals surface area contributed by atoms with E-state index in [1.54, 1.807) is 24.3 Å². The highest BCUT2D eigenvalue weighted by atomic mass is 16.4. The summed E-state index contributed by atoms with van der Waals surface area (Å²) in [5, 5.41) is 20.8. The zero-order valence-electron chi connectivity index (χ0n) is 18.1. The van der Waals surface area contributed by atoms with Gasteiger partial charge in [0.2, 0.25) is 5.95 Å². The molecule has 0 unspecified atom stereocenters. The summed E-state index contributed by atoms with van der Waals surface area (Å²) in [6.07, 6.45) is 0.574. The molecule has 0 spiro atoms. The number of hydrogen-bond acceptors (Lipinski definition) is 7. The number of fused-ring (bicyclic) bond motifs is 1. The minimum absolute atomic E-state index is 0.0459. The third-order valence-corrected chi connectivity index (χ3v) is 5.66. The first-order valence-electron chi connectivity index (χ1n) is 10.7. The zero-order valence-corrected chi connectivity index (χ0v) is 18.1. The average Bonchev–Trinajstić information content (AvgIpc) is 3.56. The largest absolute Gasteiger partial charge is 0.481 e. The number of H-pyrrole nitrogens is 2. The fourth-order valence-electron chi connectivity index (χ4n) is 3.81. The van der Waals surface area contributed by atoms with Crippen molar-refractivity contribution in [3.63, 3.8) is 0 Å². The molecule has 0 bridgehead atoms. The van der Waals surface area contributed by atoms with Crippen LogP contribution in [0.2, 0.25) is 0 Å². The summed E-state index contributed by atoms with van der Waals surface area (Å²) in [6.45, 7) is 1.78. The monoisotopic (exact) mass is 468 g/mol. The predicted octanol–water partition coefficient (Wildman–Crippen LogP) is 0.486. The molecular weight excluding hydrogens is 444 g/mol. The third kappa shape index (κ3) is 5.00. The molecule has 1 aliphatic heterocycles. The number of nitrogen functional groups attached to an aromatic ring is 1. The molecule has 4 rings (SSSR count). The number of carbonyl (C=O) groups excluding carboxylic acids is 1. The van der Waals surface area contributed by atoms with Crippen molar-refractivity contribution in [1.29, 1.82) is 0 Å². The molecule has 1 fully saturated rings. The Morgan fingerprint density at radius 2 is 1.82 bits per heavy atom. The van der Waals surface area contributed by atoms with Gasteiger partial charge in [-0.25, -0.2) is 4.79 Å². The van der Waals surface area contributed by atoms with Gasteiger partial charge in [0.15, 0.2) is 0 Å². The minimum atomic E-state index is -1.29. The van der Waals surface area contributed by atoms with Gasteiger partial charge in [0.25, 0.3) is 11.5 Å². The second-order valence-electron chi connectivity index (χ2n) is 8.11.